The summed E-state index contributed by atoms with van der Waals surface area (Å²) in [6, 6.07) is 7.74. The maximum atomic E-state index is 11.6. The molecule has 1 saturated carbocycles. The number of rotatable bonds is 2. The summed E-state index contributed by atoms with van der Waals surface area (Å²) in [5.41, 5.74) is 2.03. The van der Waals surface area contributed by atoms with Gasteiger partial charge in [0, 0.05) is 29.2 Å². The maximum Gasteiger partial charge on any atom is 0.336 e. The molecule has 3 rings (SSSR count). The van der Waals surface area contributed by atoms with Gasteiger partial charge in [0.05, 0.1) is 0 Å². The molecule has 2 aromatic rings. The monoisotopic (exact) mass is 400 g/mol. The molecule has 5 heteroatoms. The molecule has 0 radical (unpaired) electrons. The highest BCUT2D eigenvalue weighted by atomic mass is 32.1. The van der Waals surface area contributed by atoms with Crippen molar-refractivity contribution in [3.05, 3.63) is 40.2 Å². The molecule has 0 unspecified atom stereocenters. The van der Waals surface area contributed by atoms with E-state index < -0.39 is 0 Å². The molecule has 1 heterocycles. The van der Waals surface area contributed by atoms with Crippen LogP contribution < -0.4 is 16.3 Å². The van der Waals surface area contributed by atoms with E-state index in [1.54, 1.807) is 0 Å². The summed E-state index contributed by atoms with van der Waals surface area (Å²) < 4.78 is 5.33. The fourth-order valence-electron chi connectivity index (χ4n) is 4.06. The molecule has 1 aromatic heterocycles. The molecule has 1 fully saturated rings. The number of anilines is 1. The van der Waals surface area contributed by atoms with Gasteiger partial charge >= 0.3 is 5.63 Å². The number of aryl methyl sites for hydroxylation is 1. The number of hydrogen-bond acceptors (Lipinski definition) is 3. The highest BCUT2D eigenvalue weighted by Gasteiger charge is 2.11. The molecule has 2 N–H and O–H groups in total. The first-order chi connectivity index (χ1) is 13.6. The van der Waals surface area contributed by atoms with E-state index in [4.69, 9.17) is 16.6 Å². The van der Waals surface area contributed by atoms with E-state index in [1.165, 1.54) is 76.7 Å². The third-order valence-corrected chi connectivity index (χ3v) is 5.87. The number of fused-ring (bicyclic) bond motifs is 1. The molecule has 0 aliphatic heterocycles. The van der Waals surface area contributed by atoms with Crippen LogP contribution in [0.5, 0.6) is 0 Å². The molecule has 1 aliphatic rings. The van der Waals surface area contributed by atoms with Crippen molar-refractivity contribution in [2.75, 3.05) is 5.32 Å². The molecule has 4 nitrogen and oxygen atoms in total. The van der Waals surface area contributed by atoms with E-state index in [0.29, 0.717) is 16.7 Å². The van der Waals surface area contributed by atoms with Gasteiger partial charge in [-0.3, -0.25) is 0 Å². The second kappa shape index (κ2) is 10.6. The quantitative estimate of drug-likeness (QED) is 0.474. The van der Waals surface area contributed by atoms with Gasteiger partial charge in [0.15, 0.2) is 5.11 Å². The van der Waals surface area contributed by atoms with Crippen LogP contribution in [-0.2, 0) is 0 Å². The summed E-state index contributed by atoms with van der Waals surface area (Å²) in [7, 11) is 0. The normalized spacial score (nSPS) is 17.5. The van der Waals surface area contributed by atoms with Gasteiger partial charge in [-0.05, 0) is 49.7 Å². The van der Waals surface area contributed by atoms with Crippen LogP contribution in [0.1, 0.15) is 76.2 Å². The summed E-state index contributed by atoms with van der Waals surface area (Å²) in [5.74, 6) is 0. The zero-order valence-electron chi connectivity index (χ0n) is 16.9. The van der Waals surface area contributed by atoms with Gasteiger partial charge in [0.2, 0.25) is 0 Å². The van der Waals surface area contributed by atoms with Crippen LogP contribution in [-0.4, -0.2) is 11.2 Å². The minimum atomic E-state index is -0.323. The van der Waals surface area contributed by atoms with Gasteiger partial charge in [0.1, 0.15) is 5.58 Å². The van der Waals surface area contributed by atoms with Crippen molar-refractivity contribution in [1.82, 2.24) is 5.32 Å². The molecule has 152 valence electrons. The Kier molecular flexibility index (Phi) is 7.90. The minimum absolute atomic E-state index is 0.323. The first-order valence-electron chi connectivity index (χ1n) is 10.7. The third-order valence-electron chi connectivity index (χ3n) is 5.65. The largest absolute Gasteiger partial charge is 0.423 e. The predicted molar refractivity (Wildman–Crippen MR) is 121 cm³/mol. The fraction of sp³-hybridized carbons (Fsp3) is 0.565. The van der Waals surface area contributed by atoms with Crippen LogP contribution in [0, 0.1) is 6.92 Å². The van der Waals surface area contributed by atoms with Gasteiger partial charge in [-0.15, -0.1) is 0 Å². The summed E-state index contributed by atoms with van der Waals surface area (Å²) in [5, 5.41) is 8.38. The summed E-state index contributed by atoms with van der Waals surface area (Å²) in [4.78, 5) is 11.6. The van der Waals surface area contributed by atoms with E-state index in [1.807, 2.05) is 25.1 Å². The fourth-order valence-corrected chi connectivity index (χ4v) is 4.35. The van der Waals surface area contributed by atoms with Crippen molar-refractivity contribution in [1.29, 1.82) is 0 Å². The molecule has 0 spiro atoms. The molecule has 1 aromatic carbocycles. The molecular formula is C23H32N2O2S. The lowest BCUT2D eigenvalue weighted by Gasteiger charge is -2.21. The first kappa shape index (κ1) is 20.8. The molecule has 1 aliphatic carbocycles. The Morgan fingerprint density at radius 3 is 2.21 bits per heavy atom. The number of hydrogen-bond donors (Lipinski definition) is 2. The average molecular weight is 401 g/mol. The van der Waals surface area contributed by atoms with Crippen LogP contribution in [0.2, 0.25) is 0 Å². The third kappa shape index (κ3) is 6.33. The average Bonchev–Trinajstić information content (AvgIpc) is 2.63. The molecular weight excluding hydrogens is 368 g/mol. The smallest absolute Gasteiger partial charge is 0.336 e. The maximum absolute atomic E-state index is 11.6. The van der Waals surface area contributed by atoms with Gasteiger partial charge in [0.25, 0.3) is 0 Å². The molecule has 0 amide bonds. The second-order valence-electron chi connectivity index (χ2n) is 8.01. The zero-order valence-corrected chi connectivity index (χ0v) is 17.7. The first-order valence-corrected chi connectivity index (χ1v) is 11.1. The summed E-state index contributed by atoms with van der Waals surface area (Å²) in [6.45, 7) is 1.92. The minimum Gasteiger partial charge on any atom is -0.423 e. The topological polar surface area (TPSA) is 54.3 Å². The van der Waals surface area contributed by atoms with Crippen LogP contribution >= 0.6 is 12.2 Å². The Hall–Kier alpha value is -1.88. The Morgan fingerprint density at radius 1 is 0.964 bits per heavy atom. The van der Waals surface area contributed by atoms with Gasteiger partial charge in [-0.1, -0.05) is 57.8 Å². The van der Waals surface area contributed by atoms with Crippen molar-refractivity contribution in [3.8, 4) is 0 Å². The van der Waals surface area contributed by atoms with Crippen molar-refractivity contribution in [2.45, 2.75) is 83.6 Å². The highest BCUT2D eigenvalue weighted by molar-refractivity contribution is 7.80. The Bertz CT molecular complexity index is 834. The Morgan fingerprint density at radius 2 is 1.57 bits per heavy atom. The SMILES string of the molecule is Cc1cc(=O)oc2cc(NC(=S)NC3CCCCCCCCCCC3)ccc12. The zero-order chi connectivity index (χ0) is 19.8. The number of benzene rings is 1. The van der Waals surface area contributed by atoms with E-state index in [2.05, 4.69) is 10.6 Å². The van der Waals surface area contributed by atoms with E-state index >= 15 is 0 Å². The highest BCUT2D eigenvalue weighted by Crippen LogP contribution is 2.21. The summed E-state index contributed by atoms with van der Waals surface area (Å²) >= 11 is 5.56. The Labute approximate surface area is 173 Å². The van der Waals surface area contributed by atoms with Crippen LogP contribution in [0.15, 0.2) is 33.5 Å². The second-order valence-corrected chi connectivity index (χ2v) is 8.42. The molecule has 28 heavy (non-hydrogen) atoms. The van der Waals surface area contributed by atoms with Gasteiger partial charge in [-0.25, -0.2) is 4.79 Å². The molecule has 0 saturated heterocycles. The van der Waals surface area contributed by atoms with Crippen molar-refractivity contribution in [2.24, 2.45) is 0 Å². The van der Waals surface area contributed by atoms with E-state index in [-0.39, 0.29) is 5.63 Å². The summed E-state index contributed by atoms with van der Waals surface area (Å²) in [6.07, 6.45) is 14.4. The van der Waals surface area contributed by atoms with Crippen molar-refractivity contribution in [3.63, 3.8) is 0 Å². The lowest BCUT2D eigenvalue weighted by Crippen LogP contribution is -2.37. The van der Waals surface area contributed by atoms with Crippen LogP contribution in [0.4, 0.5) is 5.69 Å². The number of thiocarbonyl (C=S) groups is 1. The van der Waals surface area contributed by atoms with Crippen molar-refractivity contribution < 1.29 is 4.42 Å². The standard InChI is InChI=1S/C23H32N2O2S/c1-17-15-22(26)27-21-16-19(13-14-20(17)21)25-23(28)24-18-11-9-7-5-3-2-4-6-8-10-12-18/h13-16,18H,2-12H2,1H3,(H2,24,25,28). The molecule has 0 atom stereocenters. The predicted octanol–water partition coefficient (Wildman–Crippen LogP) is 6.06. The Balaban J connectivity index is 1.59. The van der Waals surface area contributed by atoms with E-state index in [0.717, 1.165) is 16.6 Å². The lowest BCUT2D eigenvalue weighted by atomic mass is 9.98. The lowest BCUT2D eigenvalue weighted by molar-refractivity contribution is 0.444. The van der Waals surface area contributed by atoms with Crippen molar-refractivity contribution >= 4 is 34.0 Å². The van der Waals surface area contributed by atoms with E-state index in [9.17, 15) is 4.79 Å². The number of nitrogens with one attached hydrogen (secondary N) is 2. The molecule has 0 bridgehead atoms. The van der Waals surface area contributed by atoms with Crippen LogP contribution in [0.3, 0.4) is 0 Å². The van der Waals surface area contributed by atoms with Gasteiger partial charge < -0.3 is 15.1 Å². The van der Waals surface area contributed by atoms with Crippen LogP contribution in [0.25, 0.3) is 11.0 Å². The van der Waals surface area contributed by atoms with Gasteiger partial charge in [-0.2, -0.15) is 0 Å².